The lowest BCUT2D eigenvalue weighted by Crippen LogP contribution is -2.33. The van der Waals surface area contributed by atoms with Crippen molar-refractivity contribution >= 4 is 28.6 Å². The van der Waals surface area contributed by atoms with E-state index in [0.29, 0.717) is 6.54 Å². The number of rotatable bonds is 8. The molecule has 7 nitrogen and oxygen atoms in total. The molecular formula is C27H30N4O3. The number of nitrogens with zero attached hydrogens (tertiary/aromatic N) is 3. The van der Waals surface area contributed by atoms with Gasteiger partial charge in [0.15, 0.2) is 0 Å². The van der Waals surface area contributed by atoms with Gasteiger partial charge in [-0.25, -0.2) is 4.98 Å². The normalized spacial score (nSPS) is 18.5. The van der Waals surface area contributed by atoms with Crippen LogP contribution in [0.25, 0.3) is 10.9 Å². The number of benzene rings is 1. The highest BCUT2D eigenvalue weighted by Gasteiger charge is 2.37. The van der Waals surface area contributed by atoms with Gasteiger partial charge in [0.2, 0.25) is 5.91 Å². The Balaban J connectivity index is 1.24. The molecule has 0 spiro atoms. The Kier molecular flexibility index (Phi) is 6.43. The molecule has 0 saturated carbocycles. The Labute approximate surface area is 199 Å². The van der Waals surface area contributed by atoms with Crippen molar-refractivity contribution in [2.75, 3.05) is 18.4 Å². The number of nitrogens with one attached hydrogen (secondary N) is 1. The average Bonchev–Trinajstić information content (AvgIpc) is 3.22. The zero-order valence-electron chi connectivity index (χ0n) is 19.2. The van der Waals surface area contributed by atoms with Gasteiger partial charge in [-0.2, -0.15) is 0 Å². The number of aryl methyl sites for hydroxylation is 2. The van der Waals surface area contributed by atoms with Crippen molar-refractivity contribution in [3.05, 3.63) is 65.5 Å². The van der Waals surface area contributed by atoms with Gasteiger partial charge in [0.05, 0.1) is 18.0 Å². The predicted octanol–water partition coefficient (Wildman–Crippen LogP) is 4.38. The maximum atomic E-state index is 13.3. The molecule has 1 amide bonds. The third-order valence-corrected chi connectivity index (χ3v) is 7.03. The molecule has 5 rings (SSSR count). The molecule has 2 aliphatic heterocycles. The Hall–Kier alpha value is -3.48. The van der Waals surface area contributed by atoms with Crippen LogP contribution in [0.4, 0.5) is 5.82 Å². The van der Waals surface area contributed by atoms with E-state index in [0.717, 1.165) is 73.0 Å². The maximum Gasteiger partial charge on any atom is 0.305 e. The highest BCUT2D eigenvalue weighted by atomic mass is 16.4. The smallest absolute Gasteiger partial charge is 0.305 e. The van der Waals surface area contributed by atoms with Crippen LogP contribution in [0.1, 0.15) is 55.0 Å². The maximum absolute atomic E-state index is 13.3. The van der Waals surface area contributed by atoms with E-state index < -0.39 is 12.0 Å². The average molecular weight is 459 g/mol. The fourth-order valence-electron chi connectivity index (χ4n) is 5.22. The molecule has 2 aliphatic rings. The highest BCUT2D eigenvalue weighted by Crippen LogP contribution is 2.34. The number of likely N-dealkylation sites (tertiary alicyclic amines) is 1. The molecule has 7 heteroatoms. The minimum atomic E-state index is -0.915. The number of hydrogen-bond acceptors (Lipinski definition) is 5. The number of fused-ring (bicyclic) bond motifs is 2. The molecule has 0 bridgehead atoms. The van der Waals surface area contributed by atoms with Crippen molar-refractivity contribution in [2.24, 2.45) is 5.92 Å². The Morgan fingerprint density at radius 3 is 3.00 bits per heavy atom. The van der Waals surface area contributed by atoms with Crippen LogP contribution in [0.3, 0.4) is 0 Å². The van der Waals surface area contributed by atoms with Crippen LogP contribution < -0.4 is 5.32 Å². The van der Waals surface area contributed by atoms with Crippen molar-refractivity contribution < 1.29 is 14.7 Å². The summed E-state index contributed by atoms with van der Waals surface area (Å²) in [6.45, 7) is 1.55. The minimum Gasteiger partial charge on any atom is -0.481 e. The quantitative estimate of drug-likeness (QED) is 0.520. The van der Waals surface area contributed by atoms with Gasteiger partial charge in [-0.05, 0) is 67.9 Å². The van der Waals surface area contributed by atoms with E-state index in [1.54, 1.807) is 11.1 Å². The lowest BCUT2D eigenvalue weighted by molar-refractivity contribution is -0.140. The van der Waals surface area contributed by atoms with Gasteiger partial charge in [0.1, 0.15) is 5.82 Å². The van der Waals surface area contributed by atoms with Crippen LogP contribution in [0, 0.1) is 5.92 Å². The van der Waals surface area contributed by atoms with Crippen molar-refractivity contribution in [2.45, 2.75) is 51.0 Å². The number of aliphatic carboxylic acids is 1. The topological polar surface area (TPSA) is 95.4 Å². The number of para-hydroxylation sites is 1. The molecular weight excluding hydrogens is 428 g/mol. The molecule has 3 aromatic rings. The third-order valence-electron chi connectivity index (χ3n) is 7.03. The number of carbonyl (C=O) groups excluding carboxylic acids is 1. The third kappa shape index (κ3) is 4.74. The van der Waals surface area contributed by atoms with Crippen LogP contribution in [-0.2, 0) is 22.4 Å². The second-order valence-electron chi connectivity index (χ2n) is 9.33. The lowest BCUT2D eigenvalue weighted by atomic mass is 9.98. The number of pyridine rings is 2. The highest BCUT2D eigenvalue weighted by molar-refractivity contribution is 5.83. The summed E-state index contributed by atoms with van der Waals surface area (Å²) in [6, 6.07) is 13.5. The van der Waals surface area contributed by atoms with Gasteiger partial charge in [0, 0.05) is 36.3 Å². The van der Waals surface area contributed by atoms with E-state index in [2.05, 4.69) is 22.4 Å². The van der Waals surface area contributed by atoms with E-state index in [1.165, 1.54) is 5.56 Å². The molecule has 1 aromatic carbocycles. The van der Waals surface area contributed by atoms with Gasteiger partial charge in [-0.15, -0.1) is 0 Å². The SMILES string of the molecule is O=C(O)C[C@@H](c1cnc2ccccc2c1)N1CC[C@H](CCCc2ccc3c(n2)NCCC3)C1=O. The first-order valence-electron chi connectivity index (χ1n) is 12.2. The molecule has 1 saturated heterocycles. The summed E-state index contributed by atoms with van der Waals surface area (Å²) in [7, 11) is 0. The number of carboxylic acid groups (broad SMARTS) is 1. The zero-order chi connectivity index (χ0) is 23.5. The van der Waals surface area contributed by atoms with Gasteiger partial charge >= 0.3 is 5.97 Å². The van der Waals surface area contributed by atoms with Crippen molar-refractivity contribution in [3.8, 4) is 0 Å². The first-order chi connectivity index (χ1) is 16.6. The number of carbonyl (C=O) groups is 2. The van der Waals surface area contributed by atoms with Gasteiger partial charge in [-0.3, -0.25) is 14.6 Å². The van der Waals surface area contributed by atoms with Gasteiger partial charge in [0.25, 0.3) is 0 Å². The molecule has 0 unspecified atom stereocenters. The van der Waals surface area contributed by atoms with Crippen LogP contribution >= 0.6 is 0 Å². The largest absolute Gasteiger partial charge is 0.481 e. The van der Waals surface area contributed by atoms with E-state index >= 15 is 0 Å². The summed E-state index contributed by atoms with van der Waals surface area (Å²) in [4.78, 5) is 35.9. The molecule has 4 heterocycles. The number of anilines is 1. The van der Waals surface area contributed by atoms with E-state index in [-0.39, 0.29) is 18.2 Å². The Morgan fingerprint density at radius 1 is 1.24 bits per heavy atom. The van der Waals surface area contributed by atoms with Crippen LogP contribution in [0.5, 0.6) is 0 Å². The summed E-state index contributed by atoms with van der Waals surface area (Å²) in [6.07, 6.45) is 7.09. The number of aromatic nitrogens is 2. The predicted molar refractivity (Wildman–Crippen MR) is 131 cm³/mol. The summed E-state index contributed by atoms with van der Waals surface area (Å²) >= 11 is 0. The first kappa shape index (κ1) is 22.3. The summed E-state index contributed by atoms with van der Waals surface area (Å²) in [5.74, 6) is 0.0776. The minimum absolute atomic E-state index is 0.0551. The van der Waals surface area contributed by atoms with E-state index in [4.69, 9.17) is 4.98 Å². The van der Waals surface area contributed by atoms with Crippen molar-refractivity contribution in [1.29, 1.82) is 0 Å². The fraction of sp³-hybridized carbons (Fsp3) is 0.407. The molecule has 176 valence electrons. The second-order valence-corrected chi connectivity index (χ2v) is 9.33. The first-order valence-corrected chi connectivity index (χ1v) is 12.2. The summed E-state index contributed by atoms with van der Waals surface area (Å²) in [5.41, 5.74) is 3.98. The Morgan fingerprint density at radius 2 is 2.12 bits per heavy atom. The molecule has 0 radical (unpaired) electrons. The molecule has 34 heavy (non-hydrogen) atoms. The van der Waals surface area contributed by atoms with E-state index in [1.807, 2.05) is 30.3 Å². The summed E-state index contributed by atoms with van der Waals surface area (Å²) < 4.78 is 0. The fourth-order valence-corrected chi connectivity index (χ4v) is 5.22. The molecule has 0 aliphatic carbocycles. The second kappa shape index (κ2) is 9.79. The molecule has 2 aromatic heterocycles. The van der Waals surface area contributed by atoms with Gasteiger partial charge < -0.3 is 15.3 Å². The monoisotopic (exact) mass is 458 g/mol. The standard InChI is InChI=1S/C27H30N4O3/c32-25(33)16-24(21-15-20-5-1-2-9-23(20)29-17-21)31-14-12-19(27(31)34)6-3-8-22-11-10-18-7-4-13-28-26(18)30-22/h1-2,5,9-11,15,17,19,24H,3-4,6-8,12-14,16H2,(H,28,30)(H,32,33)/t19-,24-/m0/s1. The number of amides is 1. The molecule has 2 atom stereocenters. The van der Waals surface area contributed by atoms with Crippen molar-refractivity contribution in [1.82, 2.24) is 14.9 Å². The zero-order valence-corrected chi connectivity index (χ0v) is 19.2. The van der Waals surface area contributed by atoms with Gasteiger partial charge in [-0.1, -0.05) is 24.3 Å². The number of hydrogen-bond donors (Lipinski definition) is 2. The van der Waals surface area contributed by atoms with Crippen molar-refractivity contribution in [3.63, 3.8) is 0 Å². The van der Waals surface area contributed by atoms with E-state index in [9.17, 15) is 14.7 Å². The number of carboxylic acids is 1. The summed E-state index contributed by atoms with van der Waals surface area (Å²) in [5, 5.41) is 13.9. The molecule has 1 fully saturated rings. The van der Waals surface area contributed by atoms with Crippen LogP contribution in [0.15, 0.2) is 48.7 Å². The van der Waals surface area contributed by atoms with Crippen LogP contribution in [0.2, 0.25) is 0 Å². The Bertz CT molecular complexity index is 1210. The lowest BCUT2D eigenvalue weighted by Gasteiger charge is -2.27. The molecule has 2 N–H and O–H groups in total. The van der Waals surface area contributed by atoms with Crippen LogP contribution in [-0.4, -0.2) is 44.9 Å².